The highest BCUT2D eigenvalue weighted by Gasteiger charge is 2.19. The van der Waals surface area contributed by atoms with Crippen molar-refractivity contribution in [1.82, 2.24) is 5.32 Å². The molecule has 3 aromatic carbocycles. The molecular formula is C25H28N2O3S. The number of sulfonamides is 1. The zero-order chi connectivity index (χ0) is 22.8. The van der Waals surface area contributed by atoms with Crippen molar-refractivity contribution in [2.45, 2.75) is 45.6 Å². The maximum atomic E-state index is 13.0. The second-order valence-corrected chi connectivity index (χ2v) is 9.57. The largest absolute Gasteiger partial charge is 0.345 e. The molecule has 0 heterocycles. The summed E-state index contributed by atoms with van der Waals surface area (Å²) in [6.07, 6.45) is 0. The summed E-state index contributed by atoms with van der Waals surface area (Å²) in [6, 6.07) is 17.2. The Morgan fingerprint density at radius 2 is 1.48 bits per heavy atom. The molecule has 0 saturated heterocycles. The van der Waals surface area contributed by atoms with Gasteiger partial charge in [-0.15, -0.1) is 0 Å². The molecule has 0 aliphatic carbocycles. The summed E-state index contributed by atoms with van der Waals surface area (Å²) >= 11 is 0. The summed E-state index contributed by atoms with van der Waals surface area (Å²) in [5.41, 5.74) is 5.97. The number of nitrogens with one attached hydrogen (secondary N) is 2. The van der Waals surface area contributed by atoms with Crippen molar-refractivity contribution in [3.05, 3.63) is 94.0 Å². The molecule has 5 nitrogen and oxygen atoms in total. The average molecular weight is 437 g/mol. The van der Waals surface area contributed by atoms with Gasteiger partial charge in [-0.25, -0.2) is 8.42 Å². The van der Waals surface area contributed by atoms with Gasteiger partial charge in [0.05, 0.1) is 16.6 Å². The number of amides is 1. The number of benzene rings is 3. The third-order valence-corrected chi connectivity index (χ3v) is 6.95. The molecule has 3 rings (SSSR count). The quantitative estimate of drug-likeness (QED) is 0.557. The molecule has 0 radical (unpaired) electrons. The normalized spacial score (nSPS) is 12.3. The second-order valence-electron chi connectivity index (χ2n) is 7.88. The summed E-state index contributed by atoms with van der Waals surface area (Å²) in [5.74, 6) is -0.247. The van der Waals surface area contributed by atoms with Crippen LogP contribution < -0.4 is 10.0 Å². The van der Waals surface area contributed by atoms with Gasteiger partial charge in [0.1, 0.15) is 0 Å². The Labute approximate surface area is 184 Å². The van der Waals surface area contributed by atoms with Gasteiger partial charge in [0, 0.05) is 5.56 Å². The van der Waals surface area contributed by atoms with E-state index in [0.29, 0.717) is 16.8 Å². The topological polar surface area (TPSA) is 75.3 Å². The van der Waals surface area contributed by atoms with Crippen LogP contribution in [-0.4, -0.2) is 14.3 Å². The minimum atomic E-state index is -3.74. The minimum Gasteiger partial charge on any atom is -0.345 e. The van der Waals surface area contributed by atoms with Gasteiger partial charge in [0.2, 0.25) is 0 Å². The Balaban J connectivity index is 1.84. The van der Waals surface area contributed by atoms with E-state index in [1.54, 1.807) is 43.3 Å². The number of rotatable bonds is 6. The van der Waals surface area contributed by atoms with E-state index >= 15 is 0 Å². The van der Waals surface area contributed by atoms with Crippen LogP contribution in [0.15, 0.2) is 65.6 Å². The van der Waals surface area contributed by atoms with E-state index in [2.05, 4.69) is 36.0 Å². The van der Waals surface area contributed by atoms with E-state index in [9.17, 15) is 13.2 Å². The van der Waals surface area contributed by atoms with Crippen molar-refractivity contribution in [3.63, 3.8) is 0 Å². The first kappa shape index (κ1) is 22.6. The standard InChI is InChI=1S/C25H28N2O3S/c1-16-14-18(3)23(15-17(16)2)20(5)26-25(28)22-12-9-13-24(19(22)4)27-31(29,30)21-10-7-6-8-11-21/h6-15,20,27H,1-5H3,(H,26,28). The van der Waals surface area contributed by atoms with E-state index in [-0.39, 0.29) is 16.8 Å². The molecule has 0 fully saturated rings. The smallest absolute Gasteiger partial charge is 0.261 e. The third-order valence-electron chi connectivity index (χ3n) is 5.57. The van der Waals surface area contributed by atoms with E-state index in [4.69, 9.17) is 0 Å². The molecule has 0 aromatic heterocycles. The Hall–Kier alpha value is -3.12. The fraction of sp³-hybridized carbons (Fsp3) is 0.240. The molecule has 0 saturated carbocycles. The average Bonchev–Trinajstić information content (AvgIpc) is 2.72. The Morgan fingerprint density at radius 1 is 0.839 bits per heavy atom. The van der Waals surface area contributed by atoms with E-state index in [0.717, 1.165) is 11.1 Å². The first-order valence-electron chi connectivity index (χ1n) is 10.2. The lowest BCUT2D eigenvalue weighted by Crippen LogP contribution is -2.28. The lowest BCUT2D eigenvalue weighted by atomic mass is 9.96. The predicted molar refractivity (Wildman–Crippen MR) is 125 cm³/mol. The number of hydrogen-bond acceptors (Lipinski definition) is 3. The van der Waals surface area contributed by atoms with Crippen molar-refractivity contribution in [3.8, 4) is 0 Å². The second kappa shape index (κ2) is 8.94. The van der Waals surface area contributed by atoms with E-state index in [1.165, 1.54) is 23.3 Å². The van der Waals surface area contributed by atoms with Crippen LogP contribution >= 0.6 is 0 Å². The van der Waals surface area contributed by atoms with Crippen LogP contribution in [0.1, 0.15) is 51.1 Å². The zero-order valence-electron chi connectivity index (χ0n) is 18.5. The van der Waals surface area contributed by atoms with Gasteiger partial charge < -0.3 is 5.32 Å². The number of anilines is 1. The molecule has 1 unspecified atom stereocenters. The SMILES string of the molecule is Cc1cc(C)c(C(C)NC(=O)c2cccc(NS(=O)(=O)c3ccccc3)c2C)cc1C. The number of hydrogen-bond donors (Lipinski definition) is 2. The van der Waals surface area contributed by atoms with Gasteiger partial charge in [-0.3, -0.25) is 9.52 Å². The van der Waals surface area contributed by atoms with Crippen molar-refractivity contribution in [1.29, 1.82) is 0 Å². The van der Waals surface area contributed by atoms with Gasteiger partial charge in [-0.1, -0.05) is 36.4 Å². The molecule has 31 heavy (non-hydrogen) atoms. The predicted octanol–water partition coefficient (Wildman–Crippen LogP) is 5.21. The lowest BCUT2D eigenvalue weighted by molar-refractivity contribution is 0.0939. The number of carbonyl (C=O) groups excluding carboxylic acids is 1. The molecule has 162 valence electrons. The fourth-order valence-corrected chi connectivity index (χ4v) is 4.74. The van der Waals surface area contributed by atoms with Crippen LogP contribution in [0.3, 0.4) is 0 Å². The lowest BCUT2D eigenvalue weighted by Gasteiger charge is -2.20. The number of aryl methyl sites for hydroxylation is 3. The van der Waals surface area contributed by atoms with Crippen molar-refractivity contribution < 1.29 is 13.2 Å². The first-order chi connectivity index (χ1) is 14.6. The molecule has 0 spiro atoms. The van der Waals surface area contributed by atoms with Crippen molar-refractivity contribution in [2.75, 3.05) is 4.72 Å². The summed E-state index contributed by atoms with van der Waals surface area (Å²) in [6.45, 7) is 9.85. The maximum absolute atomic E-state index is 13.0. The highest BCUT2D eigenvalue weighted by atomic mass is 32.2. The van der Waals surface area contributed by atoms with Gasteiger partial charge in [-0.05, 0) is 86.7 Å². The van der Waals surface area contributed by atoms with Crippen LogP contribution in [0.4, 0.5) is 5.69 Å². The molecule has 0 aliphatic heterocycles. The molecule has 1 amide bonds. The first-order valence-corrected chi connectivity index (χ1v) is 11.6. The summed E-state index contributed by atoms with van der Waals surface area (Å²) in [5, 5.41) is 3.05. The molecule has 6 heteroatoms. The van der Waals surface area contributed by atoms with Crippen LogP contribution in [0.2, 0.25) is 0 Å². The van der Waals surface area contributed by atoms with Crippen LogP contribution in [0, 0.1) is 27.7 Å². The van der Waals surface area contributed by atoms with Crippen LogP contribution in [0.25, 0.3) is 0 Å². The minimum absolute atomic E-state index is 0.170. The molecule has 0 aliphatic rings. The Morgan fingerprint density at radius 3 is 2.16 bits per heavy atom. The third kappa shape index (κ3) is 4.97. The molecular weight excluding hydrogens is 408 g/mol. The maximum Gasteiger partial charge on any atom is 0.261 e. The highest BCUT2D eigenvalue weighted by molar-refractivity contribution is 7.92. The Bertz CT molecular complexity index is 1220. The van der Waals surface area contributed by atoms with E-state index < -0.39 is 10.0 Å². The van der Waals surface area contributed by atoms with Gasteiger partial charge in [-0.2, -0.15) is 0 Å². The fourth-order valence-electron chi connectivity index (χ4n) is 3.60. The van der Waals surface area contributed by atoms with Gasteiger partial charge in [0.15, 0.2) is 0 Å². The number of carbonyl (C=O) groups is 1. The van der Waals surface area contributed by atoms with E-state index in [1.807, 2.05) is 13.8 Å². The summed E-state index contributed by atoms with van der Waals surface area (Å²) in [4.78, 5) is 13.2. The zero-order valence-corrected chi connectivity index (χ0v) is 19.3. The van der Waals surface area contributed by atoms with Crippen molar-refractivity contribution in [2.24, 2.45) is 0 Å². The Kier molecular flexibility index (Phi) is 6.51. The van der Waals surface area contributed by atoms with Crippen molar-refractivity contribution >= 4 is 21.6 Å². The summed E-state index contributed by atoms with van der Waals surface area (Å²) < 4.78 is 28.0. The highest BCUT2D eigenvalue weighted by Crippen LogP contribution is 2.25. The molecule has 2 N–H and O–H groups in total. The van der Waals surface area contributed by atoms with Crippen LogP contribution in [-0.2, 0) is 10.0 Å². The van der Waals surface area contributed by atoms with Gasteiger partial charge in [0.25, 0.3) is 15.9 Å². The molecule has 0 bridgehead atoms. The van der Waals surface area contributed by atoms with Crippen LogP contribution in [0.5, 0.6) is 0 Å². The monoisotopic (exact) mass is 436 g/mol. The molecule has 1 atom stereocenters. The summed E-state index contributed by atoms with van der Waals surface area (Å²) in [7, 11) is -3.74. The molecule has 3 aromatic rings. The van der Waals surface area contributed by atoms with Gasteiger partial charge >= 0.3 is 0 Å².